The third-order valence-electron chi connectivity index (χ3n) is 6.00. The molecule has 1 aromatic carbocycles. The van der Waals surface area contributed by atoms with Gasteiger partial charge in [0.25, 0.3) is 11.8 Å². The SMILES string of the molecule is O=C(NCc1ccn2ccnc2c1)c1ccc(O[C@H]2CCN(C(=O)[C@@H]3CCCO3)C2)cc1. The smallest absolute Gasteiger partial charge is 0.251 e. The highest BCUT2D eigenvalue weighted by atomic mass is 16.5. The van der Waals surface area contributed by atoms with E-state index in [1.54, 1.807) is 30.5 Å². The number of fused-ring (bicyclic) bond motifs is 1. The largest absolute Gasteiger partial charge is 0.489 e. The van der Waals surface area contributed by atoms with Crippen molar-refractivity contribution in [1.82, 2.24) is 19.6 Å². The average Bonchev–Trinajstić information content (AvgIpc) is 3.59. The summed E-state index contributed by atoms with van der Waals surface area (Å²) < 4.78 is 13.5. The maximum atomic E-state index is 12.5. The minimum absolute atomic E-state index is 0.0439. The minimum atomic E-state index is -0.284. The lowest BCUT2D eigenvalue weighted by Gasteiger charge is -2.20. The molecule has 2 fully saturated rings. The number of imidazole rings is 1. The van der Waals surface area contributed by atoms with Crippen LogP contribution in [-0.4, -0.2) is 58.0 Å². The summed E-state index contributed by atoms with van der Waals surface area (Å²) in [7, 11) is 0. The summed E-state index contributed by atoms with van der Waals surface area (Å²) in [6.07, 6.45) is 7.77. The monoisotopic (exact) mass is 434 g/mol. The molecule has 0 radical (unpaired) electrons. The second kappa shape index (κ2) is 9.00. The Morgan fingerprint density at radius 3 is 2.84 bits per heavy atom. The number of aromatic nitrogens is 2. The van der Waals surface area contributed by atoms with Crippen LogP contribution < -0.4 is 10.1 Å². The van der Waals surface area contributed by atoms with Crippen LogP contribution in [0.4, 0.5) is 0 Å². The van der Waals surface area contributed by atoms with Gasteiger partial charge in [-0.3, -0.25) is 9.59 Å². The topological polar surface area (TPSA) is 85.2 Å². The average molecular weight is 434 g/mol. The molecule has 2 amide bonds. The molecule has 32 heavy (non-hydrogen) atoms. The number of nitrogens with one attached hydrogen (secondary N) is 1. The second-order valence-corrected chi connectivity index (χ2v) is 8.25. The van der Waals surface area contributed by atoms with Gasteiger partial charge in [0.15, 0.2) is 0 Å². The van der Waals surface area contributed by atoms with E-state index in [0.29, 0.717) is 37.6 Å². The number of rotatable bonds is 6. The molecule has 2 atom stereocenters. The summed E-state index contributed by atoms with van der Waals surface area (Å²) in [6.45, 7) is 2.36. The standard InChI is InChI=1S/C24H26N4O4/c29-23(26-15-17-7-10-27-12-9-25-22(27)14-17)18-3-5-19(6-4-18)32-20-8-11-28(16-20)24(30)21-2-1-13-31-21/h3-7,9-10,12,14,20-21H,1-2,8,11,13,15-16H2,(H,26,29)/t20-,21-/m0/s1. The van der Waals surface area contributed by atoms with E-state index in [1.165, 1.54) is 0 Å². The van der Waals surface area contributed by atoms with Gasteiger partial charge in [0, 0.05) is 50.3 Å². The Balaban J connectivity index is 1.12. The van der Waals surface area contributed by atoms with Gasteiger partial charge in [-0.15, -0.1) is 0 Å². The Labute approximate surface area is 186 Å². The van der Waals surface area contributed by atoms with Crippen molar-refractivity contribution in [2.45, 2.75) is 38.0 Å². The van der Waals surface area contributed by atoms with Crippen LogP contribution in [0, 0.1) is 0 Å². The van der Waals surface area contributed by atoms with Crippen LogP contribution in [0.1, 0.15) is 35.2 Å². The first kappa shape index (κ1) is 20.5. The lowest BCUT2D eigenvalue weighted by Crippen LogP contribution is -2.38. The number of ether oxygens (including phenoxy) is 2. The highest BCUT2D eigenvalue weighted by Gasteiger charge is 2.33. The number of hydrogen-bond acceptors (Lipinski definition) is 5. The number of likely N-dealkylation sites (tertiary alicyclic amines) is 1. The van der Waals surface area contributed by atoms with Gasteiger partial charge in [0.2, 0.25) is 0 Å². The molecule has 4 heterocycles. The number of benzene rings is 1. The van der Waals surface area contributed by atoms with Crippen molar-refractivity contribution < 1.29 is 19.1 Å². The molecule has 8 heteroatoms. The fourth-order valence-electron chi connectivity index (χ4n) is 4.22. The van der Waals surface area contributed by atoms with Gasteiger partial charge < -0.3 is 24.1 Å². The van der Waals surface area contributed by atoms with Crippen LogP contribution >= 0.6 is 0 Å². The molecule has 0 bridgehead atoms. The van der Waals surface area contributed by atoms with Gasteiger partial charge in [0.1, 0.15) is 23.6 Å². The van der Waals surface area contributed by atoms with E-state index in [1.807, 2.05) is 33.8 Å². The zero-order valence-corrected chi connectivity index (χ0v) is 17.8. The lowest BCUT2D eigenvalue weighted by molar-refractivity contribution is -0.140. The number of carbonyl (C=O) groups excluding carboxylic acids is 2. The quantitative estimate of drug-likeness (QED) is 0.644. The summed E-state index contributed by atoms with van der Waals surface area (Å²) in [6, 6.07) is 11.0. The molecule has 5 rings (SSSR count). The first-order valence-corrected chi connectivity index (χ1v) is 11.0. The summed E-state index contributed by atoms with van der Waals surface area (Å²) in [4.78, 5) is 31.1. The molecule has 166 valence electrons. The first-order valence-electron chi connectivity index (χ1n) is 11.0. The fourth-order valence-corrected chi connectivity index (χ4v) is 4.22. The predicted molar refractivity (Wildman–Crippen MR) is 117 cm³/mol. The highest BCUT2D eigenvalue weighted by molar-refractivity contribution is 5.94. The molecule has 2 aromatic heterocycles. The summed E-state index contributed by atoms with van der Waals surface area (Å²) in [5.74, 6) is 0.629. The highest BCUT2D eigenvalue weighted by Crippen LogP contribution is 2.22. The molecule has 0 spiro atoms. The maximum absolute atomic E-state index is 12.5. The Morgan fingerprint density at radius 1 is 1.16 bits per heavy atom. The molecule has 3 aromatic rings. The molecule has 2 aliphatic rings. The lowest BCUT2D eigenvalue weighted by atomic mass is 10.2. The van der Waals surface area contributed by atoms with Crippen molar-refractivity contribution in [3.63, 3.8) is 0 Å². The van der Waals surface area contributed by atoms with Gasteiger partial charge in [0.05, 0.1) is 6.54 Å². The molecular weight excluding hydrogens is 408 g/mol. The van der Waals surface area contributed by atoms with E-state index in [0.717, 1.165) is 30.5 Å². The minimum Gasteiger partial charge on any atom is -0.489 e. The van der Waals surface area contributed by atoms with Crippen LogP contribution in [-0.2, 0) is 16.1 Å². The molecule has 0 saturated carbocycles. The van der Waals surface area contributed by atoms with Crippen molar-refractivity contribution in [2.24, 2.45) is 0 Å². The van der Waals surface area contributed by atoms with Crippen molar-refractivity contribution in [1.29, 1.82) is 0 Å². The Bertz CT molecular complexity index is 1100. The molecule has 0 unspecified atom stereocenters. The maximum Gasteiger partial charge on any atom is 0.251 e. The summed E-state index contributed by atoms with van der Waals surface area (Å²) in [5.41, 5.74) is 2.40. The third kappa shape index (κ3) is 4.45. The van der Waals surface area contributed by atoms with Crippen LogP contribution in [0.2, 0.25) is 0 Å². The van der Waals surface area contributed by atoms with Crippen molar-refractivity contribution in [3.05, 3.63) is 66.1 Å². The molecule has 2 aliphatic heterocycles. The van der Waals surface area contributed by atoms with Crippen LogP contribution in [0.25, 0.3) is 5.65 Å². The van der Waals surface area contributed by atoms with Crippen molar-refractivity contribution in [3.8, 4) is 5.75 Å². The van der Waals surface area contributed by atoms with Crippen molar-refractivity contribution in [2.75, 3.05) is 19.7 Å². The number of amides is 2. The predicted octanol–water partition coefficient (Wildman–Crippen LogP) is 2.42. The first-order chi connectivity index (χ1) is 15.7. The number of pyridine rings is 1. The molecule has 2 saturated heterocycles. The third-order valence-corrected chi connectivity index (χ3v) is 6.00. The zero-order valence-electron chi connectivity index (χ0n) is 17.8. The van der Waals surface area contributed by atoms with Crippen molar-refractivity contribution >= 4 is 17.5 Å². The normalized spacial score (nSPS) is 20.6. The fraction of sp³-hybridized carbons (Fsp3) is 0.375. The van der Waals surface area contributed by atoms with Gasteiger partial charge in [-0.05, 0) is 54.8 Å². The second-order valence-electron chi connectivity index (χ2n) is 8.25. The Kier molecular flexibility index (Phi) is 5.77. The van der Waals surface area contributed by atoms with E-state index in [2.05, 4.69) is 10.3 Å². The molecule has 1 N–H and O–H groups in total. The van der Waals surface area contributed by atoms with Gasteiger partial charge >= 0.3 is 0 Å². The van der Waals surface area contributed by atoms with Crippen LogP contribution in [0.15, 0.2) is 55.0 Å². The number of carbonyl (C=O) groups is 2. The summed E-state index contributed by atoms with van der Waals surface area (Å²) in [5, 5.41) is 2.94. The van der Waals surface area contributed by atoms with E-state index >= 15 is 0 Å². The molecular formula is C24H26N4O4. The molecule has 8 nitrogen and oxygen atoms in total. The number of hydrogen-bond donors (Lipinski definition) is 1. The summed E-state index contributed by atoms with van der Waals surface area (Å²) >= 11 is 0. The Morgan fingerprint density at radius 2 is 2.03 bits per heavy atom. The van der Waals surface area contributed by atoms with E-state index in [-0.39, 0.29) is 24.0 Å². The van der Waals surface area contributed by atoms with Crippen LogP contribution in [0.5, 0.6) is 5.75 Å². The van der Waals surface area contributed by atoms with E-state index < -0.39 is 0 Å². The van der Waals surface area contributed by atoms with E-state index in [4.69, 9.17) is 9.47 Å². The Hall–Kier alpha value is -3.39. The number of nitrogens with zero attached hydrogens (tertiary/aromatic N) is 3. The van der Waals surface area contributed by atoms with Gasteiger partial charge in [-0.1, -0.05) is 0 Å². The van der Waals surface area contributed by atoms with Gasteiger partial charge in [-0.25, -0.2) is 4.98 Å². The van der Waals surface area contributed by atoms with Gasteiger partial charge in [-0.2, -0.15) is 0 Å². The zero-order chi connectivity index (χ0) is 21.9. The van der Waals surface area contributed by atoms with Crippen LogP contribution in [0.3, 0.4) is 0 Å². The molecule has 0 aliphatic carbocycles. The van der Waals surface area contributed by atoms with E-state index in [9.17, 15) is 9.59 Å².